The van der Waals surface area contributed by atoms with Gasteiger partial charge >= 0.3 is 0 Å². The molecule has 0 aliphatic carbocycles. The summed E-state index contributed by atoms with van der Waals surface area (Å²) in [4.78, 5) is 0. The molecule has 0 saturated heterocycles. The van der Waals surface area contributed by atoms with E-state index in [-0.39, 0.29) is 24.8 Å². The van der Waals surface area contributed by atoms with Gasteiger partial charge in [0.05, 0.1) is 24.4 Å². The molecule has 1 aliphatic rings. The van der Waals surface area contributed by atoms with Crippen LogP contribution >= 0.6 is 0 Å². The molecule has 1 heterocycles. The first-order valence-electron chi connectivity index (χ1n) is 11.2. The predicted octanol–water partition coefficient (Wildman–Crippen LogP) is 2.97. The number of allylic oxidation sites excluding steroid dienone is 1. The van der Waals surface area contributed by atoms with Crippen LogP contribution in [0.3, 0.4) is 0 Å². The lowest BCUT2D eigenvalue weighted by atomic mass is 9.96. The molecule has 1 aromatic rings. The fraction of sp³-hybridized carbons (Fsp3) is 0.583. The summed E-state index contributed by atoms with van der Waals surface area (Å²) in [5.41, 5.74) is 0.793. The van der Waals surface area contributed by atoms with Crippen molar-refractivity contribution < 1.29 is 24.4 Å². The lowest BCUT2D eigenvalue weighted by Crippen LogP contribution is -2.55. The van der Waals surface area contributed by atoms with Crippen LogP contribution in [0, 0.1) is 5.82 Å². The zero-order valence-electron chi connectivity index (χ0n) is 18.3. The molecule has 1 atom stereocenters. The van der Waals surface area contributed by atoms with Crippen LogP contribution in [-0.4, -0.2) is 60.4 Å². The van der Waals surface area contributed by atoms with E-state index in [0.29, 0.717) is 12.2 Å². The summed E-state index contributed by atoms with van der Waals surface area (Å²) in [6.07, 6.45) is 10.6. The number of nitrogens with one attached hydrogen (secondary N) is 2. The van der Waals surface area contributed by atoms with Crippen LogP contribution in [0.1, 0.15) is 44.1 Å². The van der Waals surface area contributed by atoms with Gasteiger partial charge in [0.2, 0.25) is 0 Å². The Morgan fingerprint density at radius 1 is 0.968 bits per heavy atom. The standard InChI is InChI=1S/C24H37FN2O4/c25-21-10-8-20(9-11-21)7-3-6-16-31-15-5-2-1-4-14-26-18-24(19-29)13-12-23(30)22(17-28)27-24/h8-13,26-30H,1-7,14-19H2. The third kappa shape index (κ3) is 9.39. The van der Waals surface area contributed by atoms with E-state index in [1.807, 2.05) is 12.1 Å². The monoisotopic (exact) mass is 436 g/mol. The molecule has 7 heteroatoms. The average Bonchev–Trinajstić information content (AvgIpc) is 2.79. The number of halogens is 1. The minimum Gasteiger partial charge on any atom is -0.506 e. The molecule has 1 aromatic carbocycles. The number of aryl methyl sites for hydroxylation is 1. The Morgan fingerprint density at radius 3 is 2.39 bits per heavy atom. The maximum atomic E-state index is 12.9. The molecule has 31 heavy (non-hydrogen) atoms. The van der Waals surface area contributed by atoms with Crippen LogP contribution in [-0.2, 0) is 11.2 Å². The molecule has 0 spiro atoms. The van der Waals surface area contributed by atoms with Crippen molar-refractivity contribution in [1.82, 2.24) is 10.6 Å². The molecule has 0 saturated carbocycles. The Hall–Kier alpha value is -1.93. The third-order valence-corrected chi connectivity index (χ3v) is 5.46. The van der Waals surface area contributed by atoms with Gasteiger partial charge in [-0.3, -0.25) is 0 Å². The van der Waals surface area contributed by atoms with Crippen LogP contribution in [0.4, 0.5) is 4.39 Å². The van der Waals surface area contributed by atoms with Crippen molar-refractivity contribution in [3.63, 3.8) is 0 Å². The van der Waals surface area contributed by atoms with Crippen molar-refractivity contribution in [1.29, 1.82) is 0 Å². The summed E-state index contributed by atoms with van der Waals surface area (Å²) in [6, 6.07) is 6.69. The molecule has 0 aromatic heterocycles. The summed E-state index contributed by atoms with van der Waals surface area (Å²) in [6.45, 7) is 2.48. The van der Waals surface area contributed by atoms with Gasteiger partial charge in [-0.05, 0) is 62.4 Å². The van der Waals surface area contributed by atoms with Gasteiger partial charge in [0.25, 0.3) is 0 Å². The quantitative estimate of drug-likeness (QED) is 0.256. The van der Waals surface area contributed by atoms with Crippen LogP contribution in [0.25, 0.3) is 0 Å². The normalized spacial score (nSPS) is 18.4. The number of ether oxygens (including phenoxy) is 1. The van der Waals surface area contributed by atoms with E-state index in [4.69, 9.17) is 4.74 Å². The minimum absolute atomic E-state index is 0.00155. The van der Waals surface area contributed by atoms with Crippen molar-refractivity contribution in [3.05, 3.63) is 59.3 Å². The highest BCUT2D eigenvalue weighted by Gasteiger charge is 2.30. The molecule has 2 rings (SSSR count). The fourth-order valence-corrected chi connectivity index (χ4v) is 3.52. The van der Waals surface area contributed by atoms with Crippen molar-refractivity contribution >= 4 is 0 Å². The SMILES string of the molecule is OCC1=C(O)C=CC(CO)(CNCCCCCCOCCCCc2ccc(F)cc2)N1. The number of hydrogen-bond acceptors (Lipinski definition) is 6. The molecule has 6 nitrogen and oxygen atoms in total. The zero-order valence-corrected chi connectivity index (χ0v) is 18.3. The maximum Gasteiger partial charge on any atom is 0.136 e. The van der Waals surface area contributed by atoms with Crippen LogP contribution in [0.5, 0.6) is 0 Å². The minimum atomic E-state index is -0.700. The number of hydrogen-bond donors (Lipinski definition) is 5. The zero-order chi connectivity index (χ0) is 22.4. The number of aliphatic hydroxyl groups is 3. The van der Waals surface area contributed by atoms with E-state index >= 15 is 0 Å². The maximum absolute atomic E-state index is 12.9. The van der Waals surface area contributed by atoms with Crippen molar-refractivity contribution in [2.45, 2.75) is 50.5 Å². The molecule has 174 valence electrons. The summed E-state index contributed by atoms with van der Waals surface area (Å²) in [5.74, 6) is -0.188. The van der Waals surface area contributed by atoms with Crippen LogP contribution < -0.4 is 10.6 Å². The first-order valence-corrected chi connectivity index (χ1v) is 11.2. The Bertz CT molecular complexity index is 693. The van der Waals surface area contributed by atoms with Crippen molar-refractivity contribution in [2.75, 3.05) is 39.5 Å². The molecule has 1 aliphatic heterocycles. The van der Waals surface area contributed by atoms with E-state index in [1.54, 1.807) is 6.08 Å². The van der Waals surface area contributed by atoms with Gasteiger partial charge in [-0.1, -0.05) is 31.1 Å². The predicted molar refractivity (Wildman–Crippen MR) is 120 cm³/mol. The van der Waals surface area contributed by atoms with Gasteiger partial charge < -0.3 is 30.7 Å². The highest BCUT2D eigenvalue weighted by atomic mass is 19.1. The largest absolute Gasteiger partial charge is 0.506 e. The number of benzene rings is 1. The van der Waals surface area contributed by atoms with E-state index in [0.717, 1.165) is 64.7 Å². The van der Waals surface area contributed by atoms with Crippen molar-refractivity contribution in [2.24, 2.45) is 0 Å². The topological polar surface area (TPSA) is 94.0 Å². The van der Waals surface area contributed by atoms with E-state index in [9.17, 15) is 19.7 Å². The van der Waals surface area contributed by atoms with Gasteiger partial charge in [0.15, 0.2) is 0 Å². The second kappa shape index (κ2) is 14.2. The number of aliphatic hydroxyl groups excluding tert-OH is 3. The lowest BCUT2D eigenvalue weighted by Gasteiger charge is -2.34. The van der Waals surface area contributed by atoms with Gasteiger partial charge in [0, 0.05) is 19.8 Å². The van der Waals surface area contributed by atoms with Crippen molar-refractivity contribution in [3.8, 4) is 0 Å². The third-order valence-electron chi connectivity index (χ3n) is 5.46. The number of unbranched alkanes of at least 4 members (excludes halogenated alkanes) is 4. The first-order chi connectivity index (χ1) is 15.1. The van der Waals surface area contributed by atoms with Gasteiger partial charge in [-0.25, -0.2) is 4.39 Å². The molecule has 0 radical (unpaired) electrons. The Labute approximate surface area is 184 Å². The Balaban J connectivity index is 1.41. The molecule has 0 fully saturated rings. The average molecular weight is 437 g/mol. The highest BCUT2D eigenvalue weighted by Crippen LogP contribution is 2.17. The second-order valence-corrected chi connectivity index (χ2v) is 8.08. The van der Waals surface area contributed by atoms with E-state index in [2.05, 4.69) is 10.6 Å². The summed E-state index contributed by atoms with van der Waals surface area (Å²) in [5, 5.41) is 35.0. The van der Waals surface area contributed by atoms with Gasteiger partial charge in [-0.2, -0.15) is 0 Å². The molecule has 0 bridgehead atoms. The number of dihydropyridines is 1. The molecule has 0 amide bonds. The van der Waals surface area contributed by atoms with E-state index in [1.165, 1.54) is 23.8 Å². The molecule has 5 N–H and O–H groups in total. The van der Waals surface area contributed by atoms with Crippen LogP contribution in [0.15, 0.2) is 47.9 Å². The van der Waals surface area contributed by atoms with E-state index < -0.39 is 5.54 Å². The lowest BCUT2D eigenvalue weighted by molar-refractivity contribution is 0.126. The van der Waals surface area contributed by atoms with Crippen LogP contribution in [0.2, 0.25) is 0 Å². The Morgan fingerprint density at radius 2 is 1.68 bits per heavy atom. The summed E-state index contributed by atoms with van der Waals surface area (Å²) >= 11 is 0. The smallest absolute Gasteiger partial charge is 0.136 e. The number of rotatable bonds is 16. The highest BCUT2D eigenvalue weighted by molar-refractivity contribution is 5.30. The van der Waals surface area contributed by atoms with Gasteiger partial charge in [0.1, 0.15) is 11.6 Å². The second-order valence-electron chi connectivity index (χ2n) is 8.08. The summed E-state index contributed by atoms with van der Waals surface area (Å²) in [7, 11) is 0. The molecular formula is C24H37FN2O4. The summed E-state index contributed by atoms with van der Waals surface area (Å²) < 4.78 is 18.5. The Kier molecular flexibility index (Phi) is 11.6. The molecule has 1 unspecified atom stereocenters. The molecular weight excluding hydrogens is 399 g/mol. The van der Waals surface area contributed by atoms with Gasteiger partial charge in [-0.15, -0.1) is 0 Å². The fourth-order valence-electron chi connectivity index (χ4n) is 3.52. The first kappa shape index (κ1) is 25.3.